The molecule has 0 bridgehead atoms. The molecular weight excluding hydrogens is 220 g/mol. The van der Waals surface area contributed by atoms with E-state index in [9.17, 15) is 5.11 Å². The van der Waals surface area contributed by atoms with E-state index >= 15 is 0 Å². The summed E-state index contributed by atoms with van der Waals surface area (Å²) in [6.07, 6.45) is 1.87. The molecule has 0 aliphatic heterocycles. The van der Waals surface area contributed by atoms with Gasteiger partial charge in [0, 0.05) is 16.8 Å². The van der Waals surface area contributed by atoms with E-state index in [0.29, 0.717) is 5.75 Å². The number of benzene rings is 1. The first-order valence-corrected chi connectivity index (χ1v) is 5.99. The van der Waals surface area contributed by atoms with Crippen LogP contribution in [0.2, 0.25) is 0 Å². The summed E-state index contributed by atoms with van der Waals surface area (Å²) in [6, 6.07) is 5.75. The van der Waals surface area contributed by atoms with E-state index in [-0.39, 0.29) is 6.04 Å². The number of anilines is 1. The topological polar surface area (TPSA) is 45.2 Å². The van der Waals surface area contributed by atoms with Crippen molar-refractivity contribution in [3.05, 3.63) is 40.3 Å². The zero-order valence-corrected chi connectivity index (χ0v) is 10.1. The van der Waals surface area contributed by atoms with E-state index in [1.807, 2.05) is 30.8 Å². The second kappa shape index (κ2) is 4.53. The van der Waals surface area contributed by atoms with Crippen LogP contribution in [0.3, 0.4) is 0 Å². The van der Waals surface area contributed by atoms with Crippen LogP contribution in [-0.2, 0) is 0 Å². The van der Waals surface area contributed by atoms with Crippen LogP contribution in [0.15, 0.2) is 29.9 Å². The normalized spacial score (nSPS) is 12.4. The quantitative estimate of drug-likeness (QED) is 0.801. The molecule has 0 aliphatic carbocycles. The van der Waals surface area contributed by atoms with Gasteiger partial charge >= 0.3 is 0 Å². The van der Waals surface area contributed by atoms with Gasteiger partial charge in [0.2, 0.25) is 0 Å². The molecule has 0 fully saturated rings. The molecule has 2 aromatic rings. The van der Waals surface area contributed by atoms with Gasteiger partial charge in [0.05, 0.1) is 11.6 Å². The van der Waals surface area contributed by atoms with E-state index in [0.717, 1.165) is 11.3 Å². The van der Waals surface area contributed by atoms with Crippen molar-refractivity contribution in [2.75, 3.05) is 5.32 Å². The molecule has 3 nitrogen and oxygen atoms in total. The third-order valence-electron chi connectivity index (χ3n) is 2.46. The van der Waals surface area contributed by atoms with Gasteiger partial charge in [-0.2, -0.15) is 0 Å². The number of rotatable bonds is 3. The molecule has 0 saturated carbocycles. The summed E-state index contributed by atoms with van der Waals surface area (Å²) in [5, 5.41) is 12.8. The van der Waals surface area contributed by atoms with Crippen LogP contribution in [-0.4, -0.2) is 10.1 Å². The van der Waals surface area contributed by atoms with Gasteiger partial charge in [-0.25, -0.2) is 0 Å². The molecular formula is C12H14N2OS. The molecule has 1 atom stereocenters. The fraction of sp³-hybridized carbons (Fsp3) is 0.250. The molecule has 1 heterocycles. The first-order valence-electron chi connectivity index (χ1n) is 5.11. The Labute approximate surface area is 98.8 Å². The van der Waals surface area contributed by atoms with Crippen molar-refractivity contribution in [2.45, 2.75) is 19.9 Å². The number of hydrogen-bond donors (Lipinski definition) is 2. The zero-order valence-electron chi connectivity index (χ0n) is 9.27. The molecule has 0 saturated heterocycles. The maximum Gasteiger partial charge on any atom is 0.118 e. The maximum atomic E-state index is 9.43. The Morgan fingerprint density at radius 1 is 1.44 bits per heavy atom. The molecule has 0 radical (unpaired) electrons. The molecule has 1 unspecified atom stereocenters. The van der Waals surface area contributed by atoms with Gasteiger partial charge in [-0.1, -0.05) is 0 Å². The van der Waals surface area contributed by atoms with Crippen LogP contribution in [0.25, 0.3) is 0 Å². The fourth-order valence-corrected chi connectivity index (χ4v) is 2.13. The van der Waals surface area contributed by atoms with Crippen LogP contribution in [0.5, 0.6) is 5.75 Å². The first-order chi connectivity index (χ1) is 7.66. The number of hydrogen-bond acceptors (Lipinski definition) is 4. The summed E-state index contributed by atoms with van der Waals surface area (Å²) in [6.45, 7) is 3.98. The van der Waals surface area contributed by atoms with Crippen molar-refractivity contribution in [1.82, 2.24) is 4.98 Å². The van der Waals surface area contributed by atoms with Gasteiger partial charge in [-0.15, -0.1) is 11.3 Å². The summed E-state index contributed by atoms with van der Waals surface area (Å²) in [7, 11) is 0. The number of aromatic nitrogens is 1. The third kappa shape index (κ3) is 2.33. The Morgan fingerprint density at radius 3 is 2.88 bits per heavy atom. The van der Waals surface area contributed by atoms with Gasteiger partial charge in [0.15, 0.2) is 0 Å². The fourth-order valence-electron chi connectivity index (χ4n) is 1.51. The largest absolute Gasteiger partial charge is 0.508 e. The van der Waals surface area contributed by atoms with Crippen molar-refractivity contribution in [2.24, 2.45) is 0 Å². The number of aryl methyl sites for hydroxylation is 1. The molecule has 4 heteroatoms. The summed E-state index contributed by atoms with van der Waals surface area (Å²) >= 11 is 1.63. The van der Waals surface area contributed by atoms with Crippen LogP contribution in [0.1, 0.15) is 23.4 Å². The Bertz CT molecular complexity index is 468. The predicted octanol–water partition coefficient (Wildman–Crippen LogP) is 3.33. The van der Waals surface area contributed by atoms with Gasteiger partial charge in [-0.3, -0.25) is 4.98 Å². The minimum Gasteiger partial charge on any atom is -0.508 e. The average molecular weight is 234 g/mol. The summed E-state index contributed by atoms with van der Waals surface area (Å²) < 4.78 is 0. The highest BCUT2D eigenvalue weighted by Crippen LogP contribution is 2.25. The van der Waals surface area contributed by atoms with Crippen molar-refractivity contribution in [3.8, 4) is 5.75 Å². The minimum atomic E-state index is 0.233. The third-order valence-corrected chi connectivity index (χ3v) is 3.42. The Morgan fingerprint density at radius 2 is 2.25 bits per heavy atom. The van der Waals surface area contributed by atoms with Crippen LogP contribution in [0, 0.1) is 6.92 Å². The van der Waals surface area contributed by atoms with Crippen molar-refractivity contribution < 1.29 is 5.11 Å². The van der Waals surface area contributed by atoms with Gasteiger partial charge in [-0.05, 0) is 37.6 Å². The lowest BCUT2D eigenvalue weighted by molar-refractivity contribution is 0.471. The van der Waals surface area contributed by atoms with E-state index in [1.165, 1.54) is 4.88 Å². The summed E-state index contributed by atoms with van der Waals surface area (Å²) in [4.78, 5) is 5.25. The SMILES string of the molecule is Cc1cc(NC(C)c2cncs2)ccc1O. The first kappa shape index (κ1) is 11.0. The molecule has 2 rings (SSSR count). The monoisotopic (exact) mass is 234 g/mol. The zero-order chi connectivity index (χ0) is 11.5. The highest BCUT2D eigenvalue weighted by Gasteiger charge is 2.07. The van der Waals surface area contributed by atoms with E-state index in [1.54, 1.807) is 17.4 Å². The highest BCUT2D eigenvalue weighted by atomic mass is 32.1. The van der Waals surface area contributed by atoms with E-state index in [2.05, 4.69) is 17.2 Å². The van der Waals surface area contributed by atoms with E-state index < -0.39 is 0 Å². The van der Waals surface area contributed by atoms with Crippen molar-refractivity contribution in [1.29, 1.82) is 0 Å². The Kier molecular flexibility index (Phi) is 3.10. The molecule has 84 valence electrons. The number of nitrogens with one attached hydrogen (secondary N) is 1. The van der Waals surface area contributed by atoms with Crippen LogP contribution in [0.4, 0.5) is 5.69 Å². The van der Waals surface area contributed by atoms with Crippen molar-refractivity contribution >= 4 is 17.0 Å². The lowest BCUT2D eigenvalue weighted by Crippen LogP contribution is -2.04. The standard InChI is InChI=1S/C12H14N2OS/c1-8-5-10(3-4-11(8)15)14-9(2)12-6-13-7-16-12/h3-7,9,14-15H,1-2H3. The molecule has 0 amide bonds. The second-order valence-electron chi connectivity index (χ2n) is 3.77. The number of aromatic hydroxyl groups is 1. The number of nitrogens with zero attached hydrogens (tertiary/aromatic N) is 1. The van der Waals surface area contributed by atoms with Crippen molar-refractivity contribution in [3.63, 3.8) is 0 Å². The molecule has 0 spiro atoms. The van der Waals surface area contributed by atoms with Crippen LogP contribution >= 0.6 is 11.3 Å². The van der Waals surface area contributed by atoms with E-state index in [4.69, 9.17) is 0 Å². The Balaban J connectivity index is 2.12. The maximum absolute atomic E-state index is 9.43. The molecule has 16 heavy (non-hydrogen) atoms. The number of phenols is 1. The molecule has 0 aliphatic rings. The highest BCUT2D eigenvalue weighted by molar-refractivity contribution is 7.09. The van der Waals surface area contributed by atoms with Gasteiger partial charge in [0.1, 0.15) is 5.75 Å². The smallest absolute Gasteiger partial charge is 0.118 e. The summed E-state index contributed by atoms with van der Waals surface area (Å²) in [5.74, 6) is 0.330. The van der Waals surface area contributed by atoms with Gasteiger partial charge < -0.3 is 10.4 Å². The predicted molar refractivity (Wildman–Crippen MR) is 67.0 cm³/mol. The molecule has 1 aromatic heterocycles. The average Bonchev–Trinajstić information content (AvgIpc) is 2.77. The lowest BCUT2D eigenvalue weighted by atomic mass is 10.2. The minimum absolute atomic E-state index is 0.233. The number of thiazole rings is 1. The summed E-state index contributed by atoms with van der Waals surface area (Å²) in [5.41, 5.74) is 3.72. The molecule has 2 N–H and O–H groups in total. The molecule has 1 aromatic carbocycles. The van der Waals surface area contributed by atoms with Gasteiger partial charge in [0.25, 0.3) is 0 Å². The Hall–Kier alpha value is -1.55. The lowest BCUT2D eigenvalue weighted by Gasteiger charge is -2.14. The second-order valence-corrected chi connectivity index (χ2v) is 4.69. The number of phenolic OH excluding ortho intramolecular Hbond substituents is 1. The van der Waals surface area contributed by atoms with Crippen LogP contribution < -0.4 is 5.32 Å².